The van der Waals surface area contributed by atoms with Gasteiger partial charge in [0.05, 0.1) is 6.20 Å². The summed E-state index contributed by atoms with van der Waals surface area (Å²) in [4.78, 5) is 0. The van der Waals surface area contributed by atoms with E-state index >= 15 is 0 Å². The third-order valence-corrected chi connectivity index (χ3v) is 2.77. The molecular weight excluding hydrogens is 190 g/mol. The Morgan fingerprint density at radius 3 is 2.87 bits per heavy atom. The fraction of sp³-hybridized carbons (Fsp3) is 0.727. The zero-order valence-corrected chi connectivity index (χ0v) is 9.82. The minimum atomic E-state index is 0.276. The Morgan fingerprint density at radius 2 is 2.33 bits per heavy atom. The first-order valence-electron chi connectivity index (χ1n) is 5.47. The van der Waals surface area contributed by atoms with E-state index in [1.807, 2.05) is 17.9 Å². The molecular formula is C11H21N3O. The van der Waals surface area contributed by atoms with Crippen LogP contribution in [-0.2, 0) is 13.6 Å². The lowest BCUT2D eigenvalue weighted by molar-refractivity contribution is 0.276. The first kappa shape index (κ1) is 12.2. The highest BCUT2D eigenvalue weighted by Crippen LogP contribution is 2.06. The van der Waals surface area contributed by atoms with Crippen LogP contribution in [0.1, 0.15) is 31.0 Å². The van der Waals surface area contributed by atoms with Crippen LogP contribution in [0.15, 0.2) is 6.20 Å². The Labute approximate surface area is 91.3 Å². The Bertz CT molecular complexity index is 296. The third-order valence-electron chi connectivity index (χ3n) is 2.77. The van der Waals surface area contributed by atoms with E-state index in [4.69, 9.17) is 5.11 Å². The average molecular weight is 211 g/mol. The minimum absolute atomic E-state index is 0.276. The molecule has 1 aromatic heterocycles. The van der Waals surface area contributed by atoms with Crippen LogP contribution in [0.2, 0.25) is 0 Å². The highest BCUT2D eigenvalue weighted by Gasteiger charge is 2.05. The maximum atomic E-state index is 8.71. The van der Waals surface area contributed by atoms with E-state index in [-0.39, 0.29) is 6.61 Å². The van der Waals surface area contributed by atoms with E-state index in [9.17, 15) is 0 Å². The Hall–Kier alpha value is -0.870. The standard InChI is InChI=1S/C11H21N3O/c1-9(5-4-6-15)12-7-11-8-13-14(3)10(11)2/h8-9,12,15H,4-7H2,1-3H3/t9-/m1/s1. The maximum absolute atomic E-state index is 8.71. The number of nitrogens with zero attached hydrogens (tertiary/aromatic N) is 2. The van der Waals surface area contributed by atoms with Gasteiger partial charge < -0.3 is 10.4 Å². The molecule has 0 saturated carbocycles. The van der Waals surface area contributed by atoms with Crippen molar-refractivity contribution >= 4 is 0 Å². The maximum Gasteiger partial charge on any atom is 0.0537 e. The molecule has 0 aromatic carbocycles. The number of hydrogen-bond donors (Lipinski definition) is 2. The summed E-state index contributed by atoms with van der Waals surface area (Å²) >= 11 is 0. The second-order valence-electron chi connectivity index (χ2n) is 4.03. The van der Waals surface area contributed by atoms with Crippen molar-refractivity contribution in [2.24, 2.45) is 7.05 Å². The van der Waals surface area contributed by atoms with Crippen molar-refractivity contribution in [3.63, 3.8) is 0 Å². The molecule has 0 spiro atoms. The molecule has 1 heterocycles. The van der Waals surface area contributed by atoms with Gasteiger partial charge in [0, 0.05) is 37.5 Å². The van der Waals surface area contributed by atoms with Gasteiger partial charge in [-0.3, -0.25) is 4.68 Å². The molecule has 0 saturated heterocycles. The Morgan fingerprint density at radius 1 is 1.60 bits per heavy atom. The monoisotopic (exact) mass is 211 g/mol. The van der Waals surface area contributed by atoms with E-state index in [0.717, 1.165) is 19.4 Å². The lowest BCUT2D eigenvalue weighted by atomic mass is 10.1. The van der Waals surface area contributed by atoms with E-state index in [0.29, 0.717) is 6.04 Å². The van der Waals surface area contributed by atoms with E-state index < -0.39 is 0 Å². The van der Waals surface area contributed by atoms with Crippen molar-refractivity contribution in [1.82, 2.24) is 15.1 Å². The summed E-state index contributed by atoms with van der Waals surface area (Å²) in [5.74, 6) is 0. The first-order valence-corrected chi connectivity index (χ1v) is 5.47. The molecule has 0 bridgehead atoms. The zero-order chi connectivity index (χ0) is 11.3. The molecule has 2 N–H and O–H groups in total. The van der Waals surface area contributed by atoms with Crippen molar-refractivity contribution < 1.29 is 5.11 Å². The molecule has 86 valence electrons. The molecule has 4 nitrogen and oxygen atoms in total. The number of rotatable bonds is 6. The van der Waals surface area contributed by atoms with Gasteiger partial charge >= 0.3 is 0 Å². The lowest BCUT2D eigenvalue weighted by Gasteiger charge is -2.12. The van der Waals surface area contributed by atoms with Crippen LogP contribution in [0, 0.1) is 6.92 Å². The second-order valence-corrected chi connectivity index (χ2v) is 4.03. The topological polar surface area (TPSA) is 50.1 Å². The van der Waals surface area contributed by atoms with Crippen LogP contribution in [0.4, 0.5) is 0 Å². The fourth-order valence-corrected chi connectivity index (χ4v) is 1.50. The van der Waals surface area contributed by atoms with Gasteiger partial charge in [0.15, 0.2) is 0 Å². The minimum Gasteiger partial charge on any atom is -0.396 e. The van der Waals surface area contributed by atoms with Crippen LogP contribution >= 0.6 is 0 Å². The largest absolute Gasteiger partial charge is 0.396 e. The molecule has 0 aliphatic rings. The predicted octanol–water partition coefficient (Wildman–Crippen LogP) is 0.979. The van der Waals surface area contributed by atoms with Crippen molar-refractivity contribution in [3.05, 3.63) is 17.5 Å². The number of aliphatic hydroxyl groups is 1. The fourth-order valence-electron chi connectivity index (χ4n) is 1.50. The number of aryl methyl sites for hydroxylation is 1. The van der Waals surface area contributed by atoms with Gasteiger partial charge in [0.25, 0.3) is 0 Å². The molecule has 1 rings (SSSR count). The molecule has 0 fully saturated rings. The molecule has 0 amide bonds. The Kier molecular flexibility index (Phi) is 4.78. The lowest BCUT2D eigenvalue weighted by Crippen LogP contribution is -2.25. The van der Waals surface area contributed by atoms with Gasteiger partial charge in [0.1, 0.15) is 0 Å². The summed E-state index contributed by atoms with van der Waals surface area (Å²) in [7, 11) is 1.95. The van der Waals surface area contributed by atoms with Gasteiger partial charge in [-0.1, -0.05) is 0 Å². The van der Waals surface area contributed by atoms with Gasteiger partial charge in [-0.15, -0.1) is 0 Å². The first-order chi connectivity index (χ1) is 7.15. The van der Waals surface area contributed by atoms with Crippen molar-refractivity contribution in [1.29, 1.82) is 0 Å². The van der Waals surface area contributed by atoms with Crippen LogP contribution in [0.3, 0.4) is 0 Å². The molecule has 0 aliphatic heterocycles. The average Bonchev–Trinajstić information content (AvgIpc) is 2.54. The summed E-state index contributed by atoms with van der Waals surface area (Å²) in [6.45, 7) is 5.34. The molecule has 4 heteroatoms. The van der Waals surface area contributed by atoms with Crippen molar-refractivity contribution in [2.45, 2.75) is 39.3 Å². The SMILES string of the molecule is Cc1c(CN[C@H](C)CCCO)cnn1C. The molecule has 0 radical (unpaired) electrons. The predicted molar refractivity (Wildman–Crippen MR) is 60.6 cm³/mol. The summed E-state index contributed by atoms with van der Waals surface area (Å²) < 4.78 is 1.88. The van der Waals surface area contributed by atoms with Crippen molar-refractivity contribution in [3.8, 4) is 0 Å². The normalized spacial score (nSPS) is 13.1. The van der Waals surface area contributed by atoms with Crippen LogP contribution in [-0.4, -0.2) is 27.5 Å². The molecule has 15 heavy (non-hydrogen) atoms. The molecule has 0 unspecified atom stereocenters. The van der Waals surface area contributed by atoms with Crippen molar-refractivity contribution in [2.75, 3.05) is 6.61 Å². The summed E-state index contributed by atoms with van der Waals surface area (Å²) in [6, 6.07) is 0.441. The van der Waals surface area contributed by atoms with Gasteiger partial charge in [-0.05, 0) is 26.7 Å². The summed E-state index contributed by atoms with van der Waals surface area (Å²) in [6.07, 6.45) is 3.77. The number of aliphatic hydroxyl groups excluding tert-OH is 1. The van der Waals surface area contributed by atoms with Crippen LogP contribution in [0.25, 0.3) is 0 Å². The number of aromatic nitrogens is 2. The molecule has 1 aromatic rings. The summed E-state index contributed by atoms with van der Waals surface area (Å²) in [5, 5.41) is 16.3. The number of nitrogens with one attached hydrogen (secondary N) is 1. The van der Waals surface area contributed by atoms with Crippen LogP contribution < -0.4 is 5.32 Å². The van der Waals surface area contributed by atoms with E-state index in [2.05, 4.69) is 24.3 Å². The Balaban J connectivity index is 2.33. The quantitative estimate of drug-likeness (QED) is 0.737. The van der Waals surface area contributed by atoms with Gasteiger partial charge in [0.2, 0.25) is 0 Å². The molecule has 1 atom stereocenters. The highest BCUT2D eigenvalue weighted by atomic mass is 16.2. The number of hydrogen-bond acceptors (Lipinski definition) is 3. The molecule has 0 aliphatic carbocycles. The summed E-state index contributed by atoms with van der Waals surface area (Å²) in [5.41, 5.74) is 2.45. The third kappa shape index (κ3) is 3.64. The van der Waals surface area contributed by atoms with Crippen LogP contribution in [0.5, 0.6) is 0 Å². The van der Waals surface area contributed by atoms with E-state index in [1.54, 1.807) is 0 Å². The smallest absolute Gasteiger partial charge is 0.0537 e. The highest BCUT2D eigenvalue weighted by molar-refractivity contribution is 5.15. The zero-order valence-electron chi connectivity index (χ0n) is 9.82. The van der Waals surface area contributed by atoms with E-state index in [1.165, 1.54) is 11.3 Å². The van der Waals surface area contributed by atoms with Gasteiger partial charge in [-0.2, -0.15) is 5.10 Å². The second kappa shape index (κ2) is 5.88. The van der Waals surface area contributed by atoms with Gasteiger partial charge in [-0.25, -0.2) is 0 Å².